The Kier molecular flexibility index (Phi) is 3.69. The van der Waals surface area contributed by atoms with Gasteiger partial charge in [-0.15, -0.1) is 0 Å². The van der Waals surface area contributed by atoms with Crippen LogP contribution in [0.2, 0.25) is 0 Å². The number of aryl methyl sites for hydroxylation is 1. The summed E-state index contributed by atoms with van der Waals surface area (Å²) in [4.78, 5) is 0. The average Bonchev–Trinajstić information content (AvgIpc) is 2.23. The van der Waals surface area contributed by atoms with Gasteiger partial charge in [-0.1, -0.05) is 13.0 Å². The Balaban J connectivity index is 2.92. The first-order valence-corrected chi connectivity index (χ1v) is 5.16. The second-order valence-corrected chi connectivity index (χ2v) is 4.02. The number of hydrogen-bond acceptors (Lipinski definition) is 2. The number of hydrogen-bond donors (Lipinski definition) is 1. The molecule has 84 valence electrons. The molecule has 3 heteroatoms. The fourth-order valence-corrected chi connectivity index (χ4v) is 1.21. The van der Waals surface area contributed by atoms with Gasteiger partial charge in [-0.2, -0.15) is 0 Å². The van der Waals surface area contributed by atoms with E-state index in [9.17, 15) is 4.39 Å². The van der Waals surface area contributed by atoms with Gasteiger partial charge in [0.2, 0.25) is 0 Å². The molecular formula is C12H18FNO. The van der Waals surface area contributed by atoms with Crippen molar-refractivity contribution in [1.82, 2.24) is 0 Å². The third-order valence-electron chi connectivity index (χ3n) is 2.69. The Morgan fingerprint density at radius 1 is 1.47 bits per heavy atom. The Morgan fingerprint density at radius 3 is 2.67 bits per heavy atom. The summed E-state index contributed by atoms with van der Waals surface area (Å²) in [6, 6.07) is 4.53. The molecule has 0 saturated heterocycles. The van der Waals surface area contributed by atoms with Crippen LogP contribution in [0.1, 0.15) is 25.8 Å². The second kappa shape index (κ2) is 4.62. The lowest BCUT2D eigenvalue weighted by Gasteiger charge is -2.28. The lowest BCUT2D eigenvalue weighted by atomic mass is 10.0. The van der Waals surface area contributed by atoms with Crippen LogP contribution in [0.5, 0.6) is 5.75 Å². The summed E-state index contributed by atoms with van der Waals surface area (Å²) in [5.41, 5.74) is 6.14. The van der Waals surface area contributed by atoms with E-state index in [1.54, 1.807) is 6.07 Å². The normalized spacial score (nSPS) is 14.7. The van der Waals surface area contributed by atoms with Crippen molar-refractivity contribution < 1.29 is 9.13 Å². The van der Waals surface area contributed by atoms with Crippen LogP contribution < -0.4 is 10.5 Å². The van der Waals surface area contributed by atoms with Crippen LogP contribution in [0, 0.1) is 12.7 Å². The van der Waals surface area contributed by atoms with Crippen molar-refractivity contribution in [3.63, 3.8) is 0 Å². The van der Waals surface area contributed by atoms with E-state index in [0.29, 0.717) is 12.3 Å². The number of rotatable bonds is 4. The molecule has 0 aromatic heterocycles. The predicted octanol–water partition coefficient (Wildman–Crippen LogP) is 2.64. The Bertz CT molecular complexity index is 334. The van der Waals surface area contributed by atoms with Gasteiger partial charge in [0.15, 0.2) is 0 Å². The van der Waals surface area contributed by atoms with E-state index in [4.69, 9.17) is 10.5 Å². The van der Waals surface area contributed by atoms with Gasteiger partial charge in [0, 0.05) is 12.6 Å². The van der Waals surface area contributed by atoms with Crippen LogP contribution in [-0.4, -0.2) is 12.1 Å². The van der Waals surface area contributed by atoms with E-state index in [-0.39, 0.29) is 5.82 Å². The highest BCUT2D eigenvalue weighted by Gasteiger charge is 2.22. The molecule has 1 aromatic carbocycles. The molecule has 1 atom stereocenters. The molecule has 0 bridgehead atoms. The molecule has 0 spiro atoms. The molecule has 0 aliphatic carbocycles. The van der Waals surface area contributed by atoms with Gasteiger partial charge < -0.3 is 10.5 Å². The summed E-state index contributed by atoms with van der Waals surface area (Å²) in [5.74, 6) is 0.288. The lowest BCUT2D eigenvalue weighted by molar-refractivity contribution is 0.0922. The summed E-state index contributed by atoms with van der Waals surface area (Å²) in [6.45, 7) is 6.24. The van der Waals surface area contributed by atoms with Gasteiger partial charge >= 0.3 is 0 Å². The van der Waals surface area contributed by atoms with Crippen molar-refractivity contribution in [3.8, 4) is 5.75 Å². The molecule has 0 aliphatic rings. The fourth-order valence-electron chi connectivity index (χ4n) is 1.21. The van der Waals surface area contributed by atoms with Crippen molar-refractivity contribution >= 4 is 0 Å². The maximum Gasteiger partial charge on any atom is 0.126 e. The third-order valence-corrected chi connectivity index (χ3v) is 2.69. The molecule has 1 rings (SSSR count). The molecule has 2 N–H and O–H groups in total. The number of benzene rings is 1. The fraction of sp³-hybridized carbons (Fsp3) is 0.500. The zero-order chi connectivity index (χ0) is 11.5. The van der Waals surface area contributed by atoms with Gasteiger partial charge in [-0.25, -0.2) is 4.39 Å². The van der Waals surface area contributed by atoms with Crippen molar-refractivity contribution in [3.05, 3.63) is 29.6 Å². The molecule has 0 radical (unpaired) electrons. The summed E-state index contributed by atoms with van der Waals surface area (Å²) < 4.78 is 18.8. The Morgan fingerprint density at radius 2 is 2.13 bits per heavy atom. The molecule has 15 heavy (non-hydrogen) atoms. The maximum absolute atomic E-state index is 13.0. The average molecular weight is 211 g/mol. The van der Waals surface area contributed by atoms with E-state index in [1.165, 1.54) is 12.1 Å². The molecule has 0 amide bonds. The van der Waals surface area contributed by atoms with Crippen molar-refractivity contribution in [2.24, 2.45) is 5.73 Å². The predicted molar refractivity (Wildman–Crippen MR) is 59.5 cm³/mol. The highest BCUT2D eigenvalue weighted by molar-refractivity contribution is 5.33. The van der Waals surface area contributed by atoms with Gasteiger partial charge in [0.25, 0.3) is 0 Å². The molecule has 0 aliphatic heterocycles. The van der Waals surface area contributed by atoms with Gasteiger partial charge in [0.1, 0.15) is 17.2 Å². The quantitative estimate of drug-likeness (QED) is 0.831. The van der Waals surface area contributed by atoms with E-state index in [0.717, 1.165) is 12.0 Å². The summed E-state index contributed by atoms with van der Waals surface area (Å²) in [7, 11) is 0. The van der Waals surface area contributed by atoms with Crippen LogP contribution in [-0.2, 0) is 0 Å². The highest BCUT2D eigenvalue weighted by Crippen LogP contribution is 2.25. The van der Waals surface area contributed by atoms with E-state index >= 15 is 0 Å². The molecule has 0 heterocycles. The number of nitrogens with two attached hydrogens (primary N) is 1. The number of ether oxygens (including phenoxy) is 1. The largest absolute Gasteiger partial charge is 0.486 e. The lowest BCUT2D eigenvalue weighted by Crippen LogP contribution is -2.40. The third kappa shape index (κ3) is 2.93. The van der Waals surface area contributed by atoms with Crippen molar-refractivity contribution in [2.45, 2.75) is 32.8 Å². The number of halogens is 1. The topological polar surface area (TPSA) is 35.2 Å². The monoisotopic (exact) mass is 211 g/mol. The van der Waals surface area contributed by atoms with Crippen LogP contribution >= 0.6 is 0 Å². The molecule has 2 nitrogen and oxygen atoms in total. The summed E-state index contributed by atoms with van der Waals surface area (Å²) in [6.07, 6.45) is 0.791. The van der Waals surface area contributed by atoms with Crippen molar-refractivity contribution in [1.29, 1.82) is 0 Å². The van der Waals surface area contributed by atoms with Crippen molar-refractivity contribution in [2.75, 3.05) is 6.54 Å². The van der Waals surface area contributed by atoms with Gasteiger partial charge in [-0.05, 0) is 31.9 Å². The second-order valence-electron chi connectivity index (χ2n) is 4.02. The minimum absolute atomic E-state index is 0.286. The van der Waals surface area contributed by atoms with Crippen LogP contribution in [0.25, 0.3) is 0 Å². The molecule has 0 fully saturated rings. The van der Waals surface area contributed by atoms with E-state index in [2.05, 4.69) is 0 Å². The zero-order valence-electron chi connectivity index (χ0n) is 9.51. The SMILES string of the molecule is CCC(C)(CN)Oc1cc(F)ccc1C. The molecule has 0 saturated carbocycles. The van der Waals surface area contributed by atoms with Crippen LogP contribution in [0.15, 0.2) is 18.2 Å². The molecule has 1 unspecified atom stereocenters. The minimum Gasteiger partial charge on any atom is -0.486 e. The maximum atomic E-state index is 13.0. The minimum atomic E-state index is -0.418. The summed E-state index contributed by atoms with van der Waals surface area (Å²) in [5, 5.41) is 0. The summed E-state index contributed by atoms with van der Waals surface area (Å²) >= 11 is 0. The first-order valence-electron chi connectivity index (χ1n) is 5.16. The van der Waals surface area contributed by atoms with Gasteiger partial charge in [-0.3, -0.25) is 0 Å². The smallest absolute Gasteiger partial charge is 0.126 e. The van der Waals surface area contributed by atoms with E-state index < -0.39 is 5.60 Å². The highest BCUT2D eigenvalue weighted by atomic mass is 19.1. The van der Waals surface area contributed by atoms with Gasteiger partial charge in [0.05, 0.1) is 0 Å². The first kappa shape index (κ1) is 12.0. The standard InChI is InChI=1S/C12H18FNO/c1-4-12(3,8-14)15-11-7-10(13)6-5-9(11)2/h5-7H,4,8,14H2,1-3H3. The Hall–Kier alpha value is -1.09. The molecular weight excluding hydrogens is 193 g/mol. The van der Waals surface area contributed by atoms with Crippen LogP contribution in [0.4, 0.5) is 4.39 Å². The van der Waals surface area contributed by atoms with E-state index in [1.807, 2.05) is 20.8 Å². The first-order chi connectivity index (χ1) is 7.00. The zero-order valence-corrected chi connectivity index (χ0v) is 9.51. The van der Waals surface area contributed by atoms with Crippen LogP contribution in [0.3, 0.4) is 0 Å². The Labute approximate surface area is 90.2 Å². The molecule has 1 aromatic rings.